The second kappa shape index (κ2) is 7.27. The molecular formula is C13H18N2O2S. The van der Waals surface area contributed by atoms with Gasteiger partial charge in [0.2, 0.25) is 0 Å². The third-order valence-corrected chi connectivity index (χ3v) is 3.54. The summed E-state index contributed by atoms with van der Waals surface area (Å²) in [7, 11) is -0.839. The van der Waals surface area contributed by atoms with Gasteiger partial charge in [0, 0.05) is 35.4 Å². The highest BCUT2D eigenvalue weighted by molar-refractivity contribution is 7.84. The molecule has 1 aromatic carbocycles. The van der Waals surface area contributed by atoms with Crippen LogP contribution in [0.15, 0.2) is 24.3 Å². The first kappa shape index (κ1) is 14.8. The number of nitriles is 1. The zero-order valence-corrected chi connectivity index (χ0v) is 11.4. The van der Waals surface area contributed by atoms with E-state index in [4.69, 9.17) is 5.26 Å². The van der Waals surface area contributed by atoms with E-state index in [1.165, 1.54) is 0 Å². The number of benzene rings is 1. The highest BCUT2D eigenvalue weighted by atomic mass is 32.2. The molecule has 0 heterocycles. The maximum atomic E-state index is 11.0. The Morgan fingerprint density at radius 1 is 1.44 bits per heavy atom. The van der Waals surface area contributed by atoms with E-state index in [1.54, 1.807) is 30.5 Å². The molecule has 0 saturated carbocycles. The number of hydrogen-bond donors (Lipinski definition) is 2. The summed E-state index contributed by atoms with van der Waals surface area (Å²) in [4.78, 5) is 0. The number of hydrogen-bond acceptors (Lipinski definition) is 4. The topological polar surface area (TPSA) is 73.1 Å². The van der Waals surface area contributed by atoms with Gasteiger partial charge >= 0.3 is 0 Å². The zero-order valence-electron chi connectivity index (χ0n) is 10.6. The van der Waals surface area contributed by atoms with Crippen LogP contribution in [0.4, 0.5) is 0 Å². The van der Waals surface area contributed by atoms with Crippen LogP contribution in [0.3, 0.4) is 0 Å². The summed E-state index contributed by atoms with van der Waals surface area (Å²) in [6, 6.07) is 8.99. The van der Waals surface area contributed by atoms with E-state index in [2.05, 4.69) is 5.32 Å². The summed E-state index contributed by atoms with van der Waals surface area (Å²) in [6.07, 6.45) is 1.04. The van der Waals surface area contributed by atoms with E-state index in [9.17, 15) is 9.32 Å². The number of aliphatic hydroxyl groups is 1. The second-order valence-corrected chi connectivity index (χ2v) is 5.78. The van der Waals surface area contributed by atoms with Gasteiger partial charge in [0.25, 0.3) is 0 Å². The van der Waals surface area contributed by atoms with Crippen molar-refractivity contribution in [1.29, 1.82) is 5.26 Å². The van der Waals surface area contributed by atoms with Crippen molar-refractivity contribution in [2.75, 3.05) is 18.6 Å². The van der Waals surface area contributed by atoms with Crippen molar-refractivity contribution in [1.82, 2.24) is 5.32 Å². The van der Waals surface area contributed by atoms with Crippen molar-refractivity contribution in [3.8, 4) is 6.07 Å². The van der Waals surface area contributed by atoms with E-state index in [1.807, 2.05) is 13.0 Å². The van der Waals surface area contributed by atoms with E-state index >= 15 is 0 Å². The van der Waals surface area contributed by atoms with Crippen molar-refractivity contribution in [3.63, 3.8) is 0 Å². The standard InChI is InChI=1S/C13H18N2O2S/c1-10(9-18(2)17)15-8-13(16)12-5-3-11(7-14)4-6-12/h3-6,10,13,15-16H,8-9H2,1-2H3. The number of rotatable bonds is 6. The molecule has 0 spiro atoms. The molecule has 0 aliphatic rings. The van der Waals surface area contributed by atoms with Crippen LogP contribution in [0.2, 0.25) is 0 Å². The predicted octanol–water partition coefficient (Wildman–Crippen LogP) is 0.948. The molecule has 0 aliphatic carbocycles. The molecule has 1 rings (SSSR count). The molecule has 0 aliphatic heterocycles. The molecule has 0 amide bonds. The van der Waals surface area contributed by atoms with Gasteiger partial charge in [-0.15, -0.1) is 0 Å². The molecule has 3 unspecified atom stereocenters. The minimum absolute atomic E-state index is 0.101. The maximum absolute atomic E-state index is 11.0. The Labute approximate surface area is 110 Å². The Balaban J connectivity index is 2.47. The summed E-state index contributed by atoms with van der Waals surface area (Å²) in [5.41, 5.74) is 1.35. The van der Waals surface area contributed by atoms with Gasteiger partial charge in [-0.1, -0.05) is 12.1 Å². The normalized spacial score (nSPS) is 15.7. The zero-order chi connectivity index (χ0) is 13.5. The lowest BCUT2D eigenvalue weighted by atomic mass is 10.1. The Kier molecular flexibility index (Phi) is 5.99. The SMILES string of the molecule is CC(CS(C)=O)NCC(O)c1ccc(C#N)cc1. The fraction of sp³-hybridized carbons (Fsp3) is 0.462. The minimum atomic E-state index is -0.839. The molecule has 4 nitrogen and oxygen atoms in total. The van der Waals surface area contributed by atoms with Gasteiger partial charge in [-0.2, -0.15) is 5.26 Å². The van der Waals surface area contributed by atoms with Gasteiger partial charge in [0.05, 0.1) is 17.7 Å². The fourth-order valence-electron chi connectivity index (χ4n) is 1.62. The van der Waals surface area contributed by atoms with Gasteiger partial charge in [-0.05, 0) is 24.6 Å². The molecule has 0 radical (unpaired) electrons. The highest BCUT2D eigenvalue weighted by Gasteiger charge is 2.10. The molecule has 5 heteroatoms. The molecule has 18 heavy (non-hydrogen) atoms. The van der Waals surface area contributed by atoms with E-state index in [-0.39, 0.29) is 6.04 Å². The van der Waals surface area contributed by atoms with Crippen LogP contribution in [0.25, 0.3) is 0 Å². The van der Waals surface area contributed by atoms with E-state index in [0.29, 0.717) is 17.9 Å². The fourth-order valence-corrected chi connectivity index (χ4v) is 2.44. The monoisotopic (exact) mass is 266 g/mol. The van der Waals surface area contributed by atoms with Crippen LogP contribution in [0, 0.1) is 11.3 Å². The average Bonchev–Trinajstić information content (AvgIpc) is 2.35. The van der Waals surface area contributed by atoms with Crippen LogP contribution in [-0.4, -0.2) is 33.9 Å². The third kappa shape index (κ3) is 4.96. The summed E-state index contributed by atoms with van der Waals surface area (Å²) >= 11 is 0. The van der Waals surface area contributed by atoms with Crippen LogP contribution < -0.4 is 5.32 Å². The first-order chi connectivity index (χ1) is 8.52. The number of aliphatic hydroxyl groups excluding tert-OH is 1. The van der Waals surface area contributed by atoms with Crippen LogP contribution in [0.1, 0.15) is 24.2 Å². The molecule has 1 aromatic rings. The van der Waals surface area contributed by atoms with Crippen LogP contribution in [0.5, 0.6) is 0 Å². The second-order valence-electron chi connectivity index (χ2n) is 4.30. The lowest BCUT2D eigenvalue weighted by Crippen LogP contribution is -2.34. The van der Waals surface area contributed by atoms with Crippen molar-refractivity contribution in [3.05, 3.63) is 35.4 Å². The van der Waals surface area contributed by atoms with Gasteiger partial charge in [-0.25, -0.2) is 0 Å². The summed E-state index contributed by atoms with van der Waals surface area (Å²) in [5.74, 6) is 0.570. The Hall–Kier alpha value is -1.22. The first-order valence-corrected chi connectivity index (χ1v) is 7.47. The molecule has 0 aromatic heterocycles. The lowest BCUT2D eigenvalue weighted by molar-refractivity contribution is 0.172. The minimum Gasteiger partial charge on any atom is -0.387 e. The molecule has 2 N–H and O–H groups in total. The first-order valence-electron chi connectivity index (χ1n) is 5.74. The molecule has 3 atom stereocenters. The molecule has 98 valence electrons. The summed E-state index contributed by atoms with van der Waals surface area (Å²) < 4.78 is 11.0. The number of nitrogens with one attached hydrogen (secondary N) is 1. The smallest absolute Gasteiger partial charge is 0.0991 e. The van der Waals surface area contributed by atoms with Crippen molar-refractivity contribution in [2.45, 2.75) is 19.1 Å². The molecular weight excluding hydrogens is 248 g/mol. The molecule has 0 fully saturated rings. The van der Waals surface area contributed by atoms with Gasteiger partial charge in [-0.3, -0.25) is 4.21 Å². The molecule has 0 bridgehead atoms. The Bertz CT molecular complexity index is 439. The average molecular weight is 266 g/mol. The van der Waals surface area contributed by atoms with Gasteiger partial charge < -0.3 is 10.4 Å². The Morgan fingerprint density at radius 3 is 2.56 bits per heavy atom. The predicted molar refractivity (Wildman–Crippen MR) is 72.5 cm³/mol. The third-order valence-electron chi connectivity index (χ3n) is 2.57. The van der Waals surface area contributed by atoms with Crippen molar-refractivity contribution in [2.24, 2.45) is 0 Å². The molecule has 0 saturated heterocycles. The van der Waals surface area contributed by atoms with Gasteiger partial charge in [0.1, 0.15) is 0 Å². The van der Waals surface area contributed by atoms with Crippen LogP contribution in [-0.2, 0) is 10.8 Å². The maximum Gasteiger partial charge on any atom is 0.0991 e. The van der Waals surface area contributed by atoms with E-state index < -0.39 is 16.9 Å². The number of nitrogens with zero attached hydrogens (tertiary/aromatic N) is 1. The largest absolute Gasteiger partial charge is 0.387 e. The van der Waals surface area contributed by atoms with Gasteiger partial charge in [0.15, 0.2) is 0 Å². The van der Waals surface area contributed by atoms with Crippen molar-refractivity contribution >= 4 is 10.8 Å². The summed E-state index contributed by atoms with van der Waals surface area (Å²) in [6.45, 7) is 2.34. The van der Waals surface area contributed by atoms with Crippen LogP contribution >= 0.6 is 0 Å². The summed E-state index contributed by atoms with van der Waals surface area (Å²) in [5, 5.41) is 21.8. The quantitative estimate of drug-likeness (QED) is 0.804. The lowest BCUT2D eigenvalue weighted by Gasteiger charge is -2.16. The van der Waals surface area contributed by atoms with E-state index in [0.717, 1.165) is 5.56 Å². The van der Waals surface area contributed by atoms with Crippen molar-refractivity contribution < 1.29 is 9.32 Å². The highest BCUT2D eigenvalue weighted by Crippen LogP contribution is 2.12. The Morgan fingerprint density at radius 2 is 2.06 bits per heavy atom.